The van der Waals surface area contributed by atoms with Crippen LogP contribution in [-0.2, 0) is 0 Å². The van der Waals surface area contributed by atoms with Gasteiger partial charge in [0.05, 0.1) is 6.61 Å². The maximum atomic E-state index is 13.4. The number of hydrogen-bond acceptors (Lipinski definition) is 2. The number of para-hydroxylation sites is 1. The number of rotatable bonds is 6. The van der Waals surface area contributed by atoms with Crippen LogP contribution in [0.1, 0.15) is 6.42 Å². The number of amides is 2. The predicted molar refractivity (Wildman–Crippen MR) is 79.8 cm³/mol. The molecule has 25 heavy (non-hydrogen) atoms. The van der Waals surface area contributed by atoms with Crippen molar-refractivity contribution in [3.63, 3.8) is 0 Å². The Labute approximate surface area is 139 Å². The van der Waals surface area contributed by atoms with Gasteiger partial charge < -0.3 is 15.4 Å². The van der Waals surface area contributed by atoms with Gasteiger partial charge in [0, 0.05) is 12.2 Å². The SMILES string of the molecule is O=C(NCCCOc1c(F)c(F)c(F)c(F)c1F)Nc1ccccc1. The first-order chi connectivity index (χ1) is 11.9. The highest BCUT2D eigenvalue weighted by Crippen LogP contribution is 2.29. The van der Waals surface area contributed by atoms with Gasteiger partial charge in [0.15, 0.2) is 5.75 Å². The molecule has 4 nitrogen and oxygen atoms in total. The van der Waals surface area contributed by atoms with Crippen molar-refractivity contribution in [2.45, 2.75) is 6.42 Å². The maximum Gasteiger partial charge on any atom is 0.319 e. The van der Waals surface area contributed by atoms with E-state index in [4.69, 9.17) is 0 Å². The Balaban J connectivity index is 1.79. The summed E-state index contributed by atoms with van der Waals surface area (Å²) in [5.74, 6) is -11.8. The van der Waals surface area contributed by atoms with E-state index in [1.165, 1.54) is 0 Å². The van der Waals surface area contributed by atoms with E-state index in [1.54, 1.807) is 30.3 Å². The number of carbonyl (C=O) groups is 1. The van der Waals surface area contributed by atoms with Crippen molar-refractivity contribution in [2.24, 2.45) is 0 Å². The van der Waals surface area contributed by atoms with Crippen LogP contribution in [0.3, 0.4) is 0 Å². The van der Waals surface area contributed by atoms with E-state index in [2.05, 4.69) is 15.4 Å². The van der Waals surface area contributed by atoms with E-state index in [9.17, 15) is 26.7 Å². The predicted octanol–water partition coefficient (Wildman–Crippen LogP) is 3.97. The van der Waals surface area contributed by atoms with Crippen LogP contribution in [0.2, 0.25) is 0 Å². The van der Waals surface area contributed by atoms with Gasteiger partial charge in [-0.1, -0.05) is 18.2 Å². The van der Waals surface area contributed by atoms with E-state index in [0.29, 0.717) is 5.69 Å². The number of urea groups is 1. The molecule has 9 heteroatoms. The van der Waals surface area contributed by atoms with Crippen LogP contribution < -0.4 is 15.4 Å². The third kappa shape index (κ3) is 4.59. The zero-order valence-electron chi connectivity index (χ0n) is 12.7. The molecule has 0 aliphatic rings. The molecule has 0 radical (unpaired) electrons. The van der Waals surface area contributed by atoms with Crippen LogP contribution in [-0.4, -0.2) is 19.2 Å². The zero-order chi connectivity index (χ0) is 18.4. The van der Waals surface area contributed by atoms with Gasteiger partial charge in [-0.2, -0.15) is 8.78 Å². The number of benzene rings is 2. The minimum absolute atomic E-state index is 0.0636. The smallest absolute Gasteiger partial charge is 0.319 e. The maximum absolute atomic E-state index is 13.4. The Morgan fingerprint density at radius 3 is 2.04 bits per heavy atom. The molecule has 0 aromatic heterocycles. The summed E-state index contributed by atoms with van der Waals surface area (Å²) >= 11 is 0. The standard InChI is InChI=1S/C16H13F5N2O2/c17-10-11(18)13(20)15(14(21)12(10)19)25-8-4-7-22-16(24)23-9-5-2-1-3-6-9/h1-3,5-6H,4,7-8H2,(H2,22,23,24). The lowest BCUT2D eigenvalue weighted by Crippen LogP contribution is -2.30. The monoisotopic (exact) mass is 360 g/mol. The first-order valence-corrected chi connectivity index (χ1v) is 7.16. The highest BCUT2D eigenvalue weighted by atomic mass is 19.2. The second kappa shape index (κ2) is 8.32. The molecular weight excluding hydrogens is 347 g/mol. The van der Waals surface area contributed by atoms with Crippen molar-refractivity contribution in [1.29, 1.82) is 0 Å². The molecule has 0 bridgehead atoms. The Hall–Kier alpha value is -2.84. The number of hydrogen-bond donors (Lipinski definition) is 2. The third-order valence-corrected chi connectivity index (χ3v) is 3.05. The van der Waals surface area contributed by atoms with E-state index in [1.807, 2.05) is 0 Å². The molecule has 2 aromatic carbocycles. The lowest BCUT2D eigenvalue weighted by Gasteiger charge is -2.11. The number of nitrogens with one attached hydrogen (secondary N) is 2. The summed E-state index contributed by atoms with van der Waals surface area (Å²) in [4.78, 5) is 11.6. The zero-order valence-corrected chi connectivity index (χ0v) is 12.7. The average Bonchev–Trinajstić information content (AvgIpc) is 2.61. The highest BCUT2D eigenvalue weighted by molar-refractivity contribution is 5.89. The number of anilines is 1. The Morgan fingerprint density at radius 2 is 1.44 bits per heavy atom. The van der Waals surface area contributed by atoms with Gasteiger partial charge >= 0.3 is 6.03 Å². The molecule has 2 amide bonds. The highest BCUT2D eigenvalue weighted by Gasteiger charge is 2.26. The van der Waals surface area contributed by atoms with Crippen LogP contribution in [0.25, 0.3) is 0 Å². The topological polar surface area (TPSA) is 50.4 Å². The Bertz CT molecular complexity index is 727. The molecule has 2 aromatic rings. The van der Waals surface area contributed by atoms with Crippen LogP contribution in [0.4, 0.5) is 32.4 Å². The van der Waals surface area contributed by atoms with Gasteiger partial charge in [-0.15, -0.1) is 0 Å². The summed E-state index contributed by atoms with van der Waals surface area (Å²) in [7, 11) is 0. The Morgan fingerprint density at radius 1 is 0.880 bits per heavy atom. The molecule has 0 saturated carbocycles. The molecule has 0 fully saturated rings. The fraction of sp³-hybridized carbons (Fsp3) is 0.188. The summed E-state index contributed by atoms with van der Waals surface area (Å²) in [6, 6.07) is 8.07. The molecule has 0 aliphatic carbocycles. The lowest BCUT2D eigenvalue weighted by atomic mass is 10.2. The molecule has 0 spiro atoms. The quantitative estimate of drug-likeness (QED) is 0.354. The molecular formula is C16H13F5N2O2. The second-order valence-electron chi connectivity index (χ2n) is 4.85. The van der Waals surface area contributed by atoms with E-state index in [-0.39, 0.29) is 19.6 Å². The average molecular weight is 360 g/mol. The van der Waals surface area contributed by atoms with Crippen LogP contribution >= 0.6 is 0 Å². The fourth-order valence-electron chi connectivity index (χ4n) is 1.86. The first-order valence-electron chi connectivity index (χ1n) is 7.16. The summed E-state index contributed by atoms with van der Waals surface area (Å²) in [6.07, 6.45) is 0.0850. The van der Waals surface area contributed by atoms with E-state index in [0.717, 1.165) is 0 Å². The minimum atomic E-state index is -2.25. The number of carbonyl (C=O) groups excluding carboxylic acids is 1. The molecule has 0 heterocycles. The van der Waals surface area contributed by atoms with Gasteiger partial charge in [-0.3, -0.25) is 0 Å². The van der Waals surface area contributed by atoms with E-state index < -0.39 is 40.9 Å². The Kier molecular flexibility index (Phi) is 6.15. The summed E-state index contributed by atoms with van der Waals surface area (Å²) in [6.45, 7) is -0.294. The van der Waals surface area contributed by atoms with Gasteiger partial charge in [0.25, 0.3) is 0 Å². The van der Waals surface area contributed by atoms with Crippen LogP contribution in [0, 0.1) is 29.1 Å². The van der Waals surface area contributed by atoms with Gasteiger partial charge in [-0.25, -0.2) is 18.0 Å². The van der Waals surface area contributed by atoms with Crippen molar-refractivity contribution in [2.75, 3.05) is 18.5 Å². The van der Waals surface area contributed by atoms with Crippen molar-refractivity contribution >= 4 is 11.7 Å². The van der Waals surface area contributed by atoms with Gasteiger partial charge in [-0.05, 0) is 18.6 Å². The lowest BCUT2D eigenvalue weighted by molar-refractivity contribution is 0.245. The van der Waals surface area contributed by atoms with Crippen LogP contribution in [0.5, 0.6) is 5.75 Å². The van der Waals surface area contributed by atoms with E-state index >= 15 is 0 Å². The van der Waals surface area contributed by atoms with Crippen molar-refractivity contribution in [1.82, 2.24) is 5.32 Å². The summed E-state index contributed by atoms with van der Waals surface area (Å²) < 4.78 is 70.2. The first kappa shape index (κ1) is 18.5. The summed E-state index contributed by atoms with van der Waals surface area (Å²) in [5, 5.41) is 4.99. The molecule has 2 N–H and O–H groups in total. The third-order valence-electron chi connectivity index (χ3n) is 3.05. The summed E-state index contributed by atoms with van der Waals surface area (Å²) in [5.41, 5.74) is 0.567. The number of ether oxygens (including phenoxy) is 1. The molecule has 0 aliphatic heterocycles. The molecule has 2 rings (SSSR count). The second-order valence-corrected chi connectivity index (χ2v) is 4.85. The normalized spacial score (nSPS) is 10.4. The molecule has 134 valence electrons. The molecule has 0 saturated heterocycles. The van der Waals surface area contributed by atoms with Crippen molar-refractivity contribution < 1.29 is 31.5 Å². The molecule has 0 unspecified atom stereocenters. The van der Waals surface area contributed by atoms with Gasteiger partial charge in [0.2, 0.25) is 29.1 Å². The van der Waals surface area contributed by atoms with Crippen molar-refractivity contribution in [3.05, 3.63) is 59.4 Å². The van der Waals surface area contributed by atoms with Gasteiger partial charge in [0.1, 0.15) is 0 Å². The largest absolute Gasteiger partial charge is 0.487 e. The van der Waals surface area contributed by atoms with Crippen LogP contribution in [0.15, 0.2) is 30.3 Å². The minimum Gasteiger partial charge on any atom is -0.487 e. The number of halogens is 5. The fourth-order valence-corrected chi connectivity index (χ4v) is 1.86. The molecule has 0 atom stereocenters. The van der Waals surface area contributed by atoms with Crippen molar-refractivity contribution in [3.8, 4) is 5.75 Å².